The first kappa shape index (κ1) is 31.2. The monoisotopic (exact) mass is 566 g/mol. The van der Waals surface area contributed by atoms with Crippen LogP contribution in [-0.4, -0.2) is 71.5 Å². The van der Waals surface area contributed by atoms with E-state index in [1.807, 2.05) is 14.1 Å². The van der Waals surface area contributed by atoms with Crippen LogP contribution < -0.4 is 14.4 Å². The Balaban J connectivity index is 1.46. The molecular weight excluding hydrogens is 516 g/mol. The summed E-state index contributed by atoms with van der Waals surface area (Å²) >= 11 is 0. The highest BCUT2D eigenvalue weighted by Crippen LogP contribution is 2.44. The number of carbonyl (C=O) groups excluding carboxylic acids is 1. The fourth-order valence-corrected chi connectivity index (χ4v) is 6.48. The summed E-state index contributed by atoms with van der Waals surface area (Å²) in [5, 5.41) is 0. The number of fused-ring (bicyclic) bond motifs is 1. The molecule has 1 amide bonds. The van der Waals surface area contributed by atoms with Crippen molar-refractivity contribution in [3.8, 4) is 11.5 Å². The summed E-state index contributed by atoms with van der Waals surface area (Å²) in [6.45, 7) is 8.35. The Bertz CT molecular complexity index is 1120. The molecule has 4 rings (SSSR count). The smallest absolute Gasteiger partial charge is 0.222 e. The molecule has 0 bridgehead atoms. The fraction of sp³-hybridized carbons (Fsp3) is 0.618. The Morgan fingerprint density at radius 1 is 1.10 bits per heavy atom. The highest BCUT2D eigenvalue weighted by atomic mass is 16.5. The van der Waals surface area contributed by atoms with E-state index >= 15 is 0 Å². The molecule has 2 aromatic rings. The molecule has 0 radical (unpaired) electrons. The van der Waals surface area contributed by atoms with Crippen LogP contribution in [0.2, 0.25) is 0 Å². The van der Waals surface area contributed by atoms with Gasteiger partial charge in [0.25, 0.3) is 0 Å². The number of hydrogen-bond donors (Lipinski definition) is 0. The van der Waals surface area contributed by atoms with Gasteiger partial charge in [0.2, 0.25) is 5.91 Å². The second-order valence-electron chi connectivity index (χ2n) is 12.7. The van der Waals surface area contributed by atoms with Gasteiger partial charge in [-0.05, 0) is 78.8 Å². The predicted molar refractivity (Wildman–Crippen MR) is 164 cm³/mol. The summed E-state index contributed by atoms with van der Waals surface area (Å²) in [6.07, 6.45) is 5.92. The van der Waals surface area contributed by atoms with Gasteiger partial charge in [-0.1, -0.05) is 32.0 Å². The molecule has 41 heavy (non-hydrogen) atoms. The fourth-order valence-electron chi connectivity index (χ4n) is 6.48. The van der Waals surface area contributed by atoms with E-state index < -0.39 is 0 Å². The van der Waals surface area contributed by atoms with Gasteiger partial charge in [0.1, 0.15) is 18.1 Å². The molecule has 1 aliphatic carbocycles. The average molecular weight is 567 g/mol. The number of ether oxygens (including phenoxy) is 4. The third kappa shape index (κ3) is 8.62. The lowest BCUT2D eigenvalue weighted by molar-refractivity contribution is -0.131. The third-order valence-electron chi connectivity index (χ3n) is 8.63. The largest absolute Gasteiger partial charge is 0.497 e. The van der Waals surface area contributed by atoms with Gasteiger partial charge in [-0.25, -0.2) is 0 Å². The van der Waals surface area contributed by atoms with Crippen molar-refractivity contribution in [2.75, 3.05) is 59.5 Å². The first-order chi connectivity index (χ1) is 19.7. The summed E-state index contributed by atoms with van der Waals surface area (Å²) in [6, 6.07) is 14.9. The SMILES string of the molecule is COCCCN1CCOc2ccc(CO[C@H]3CC[C@H](CC(C)(C)CC(=O)N(C)C)C[C@@H]3c3ccc(OC)cc3)cc21. The van der Waals surface area contributed by atoms with Crippen LogP contribution in [0, 0.1) is 11.3 Å². The minimum Gasteiger partial charge on any atom is -0.497 e. The molecule has 2 aliphatic rings. The molecule has 1 heterocycles. The second-order valence-corrected chi connectivity index (χ2v) is 12.7. The number of hydrogen-bond acceptors (Lipinski definition) is 6. The molecule has 0 aromatic heterocycles. The summed E-state index contributed by atoms with van der Waals surface area (Å²) in [4.78, 5) is 16.6. The lowest BCUT2D eigenvalue weighted by Crippen LogP contribution is -2.34. The van der Waals surface area contributed by atoms with Crippen LogP contribution in [0.5, 0.6) is 11.5 Å². The van der Waals surface area contributed by atoms with E-state index in [1.165, 1.54) is 11.1 Å². The van der Waals surface area contributed by atoms with Gasteiger partial charge in [-0.2, -0.15) is 0 Å². The highest BCUT2D eigenvalue weighted by molar-refractivity contribution is 5.76. The number of rotatable bonds is 13. The number of amides is 1. The maximum absolute atomic E-state index is 12.5. The Hall–Kier alpha value is -2.77. The van der Waals surface area contributed by atoms with Gasteiger partial charge < -0.3 is 28.7 Å². The molecule has 0 spiro atoms. The summed E-state index contributed by atoms with van der Waals surface area (Å²) in [5.41, 5.74) is 3.58. The van der Waals surface area contributed by atoms with Crippen LogP contribution in [0.3, 0.4) is 0 Å². The molecule has 7 nitrogen and oxygen atoms in total. The molecule has 3 atom stereocenters. The van der Waals surface area contributed by atoms with E-state index in [9.17, 15) is 4.79 Å². The van der Waals surface area contributed by atoms with Crippen molar-refractivity contribution in [1.29, 1.82) is 0 Å². The van der Waals surface area contributed by atoms with Gasteiger partial charge in [-0.3, -0.25) is 4.79 Å². The minimum atomic E-state index is -0.0372. The van der Waals surface area contributed by atoms with Crippen LogP contribution >= 0.6 is 0 Å². The van der Waals surface area contributed by atoms with E-state index in [1.54, 1.807) is 19.1 Å². The maximum Gasteiger partial charge on any atom is 0.222 e. The van der Waals surface area contributed by atoms with E-state index in [4.69, 9.17) is 18.9 Å². The topological polar surface area (TPSA) is 60.5 Å². The van der Waals surface area contributed by atoms with E-state index in [0.29, 0.717) is 31.5 Å². The van der Waals surface area contributed by atoms with Crippen LogP contribution in [0.15, 0.2) is 42.5 Å². The van der Waals surface area contributed by atoms with Gasteiger partial charge in [0.05, 0.1) is 32.1 Å². The van der Waals surface area contributed by atoms with Crippen molar-refractivity contribution in [3.05, 3.63) is 53.6 Å². The zero-order valence-electron chi connectivity index (χ0n) is 26.0. The first-order valence-corrected chi connectivity index (χ1v) is 15.1. The number of methoxy groups -OCH3 is 2. The molecule has 1 saturated carbocycles. The van der Waals surface area contributed by atoms with Gasteiger partial charge >= 0.3 is 0 Å². The normalized spacial score (nSPS) is 20.7. The van der Waals surface area contributed by atoms with Crippen molar-refractivity contribution >= 4 is 11.6 Å². The molecule has 226 valence electrons. The lowest BCUT2D eigenvalue weighted by Gasteiger charge is -2.39. The van der Waals surface area contributed by atoms with Gasteiger partial charge in [0.15, 0.2) is 0 Å². The number of anilines is 1. The summed E-state index contributed by atoms with van der Waals surface area (Å²) in [7, 11) is 7.14. The second kappa shape index (κ2) is 14.4. The van der Waals surface area contributed by atoms with Crippen molar-refractivity contribution in [3.63, 3.8) is 0 Å². The number of nitrogens with zero attached hydrogens (tertiary/aromatic N) is 2. The van der Waals surface area contributed by atoms with Crippen LogP contribution in [0.1, 0.15) is 69.4 Å². The molecule has 1 fully saturated rings. The van der Waals surface area contributed by atoms with Gasteiger partial charge in [0, 0.05) is 46.7 Å². The maximum atomic E-state index is 12.5. The molecule has 0 N–H and O–H groups in total. The molecule has 2 aromatic carbocycles. The molecule has 1 aliphatic heterocycles. The van der Waals surface area contributed by atoms with Crippen molar-refractivity contribution in [2.24, 2.45) is 11.3 Å². The molecule has 0 unspecified atom stereocenters. The van der Waals surface area contributed by atoms with E-state index in [-0.39, 0.29) is 17.4 Å². The van der Waals surface area contributed by atoms with Crippen LogP contribution in [0.25, 0.3) is 0 Å². The lowest BCUT2D eigenvalue weighted by atomic mass is 9.69. The van der Waals surface area contributed by atoms with Crippen molar-refractivity contribution < 1.29 is 23.7 Å². The van der Waals surface area contributed by atoms with E-state index in [2.05, 4.69) is 61.2 Å². The summed E-state index contributed by atoms with van der Waals surface area (Å²) in [5.74, 6) is 2.86. The van der Waals surface area contributed by atoms with E-state index in [0.717, 1.165) is 69.0 Å². The zero-order valence-corrected chi connectivity index (χ0v) is 26.0. The zero-order chi connectivity index (χ0) is 29.4. The van der Waals surface area contributed by atoms with Crippen LogP contribution in [-0.2, 0) is 20.9 Å². The van der Waals surface area contributed by atoms with Crippen molar-refractivity contribution in [2.45, 2.75) is 71.0 Å². The standard InChI is InChI=1S/C34H50N2O5/c1-34(2,23-33(37)35(3)4)22-25-8-14-31(29(20-25)27-10-12-28(39-6)13-11-27)41-24-26-9-15-32-30(21-26)36(17-19-40-32)16-7-18-38-5/h9-13,15,21,25,29,31H,7-8,14,16-20,22-24H2,1-6H3/t25-,29+,31-/m0/s1. The minimum absolute atomic E-state index is 0.0372. The van der Waals surface area contributed by atoms with Crippen molar-refractivity contribution in [1.82, 2.24) is 4.90 Å². The predicted octanol–water partition coefficient (Wildman–Crippen LogP) is 6.29. The van der Waals surface area contributed by atoms with Crippen LogP contribution in [0.4, 0.5) is 5.69 Å². The Labute approximate surface area is 247 Å². The van der Waals surface area contributed by atoms with Gasteiger partial charge in [-0.15, -0.1) is 0 Å². The number of carbonyl (C=O) groups is 1. The molecule has 0 saturated heterocycles. The average Bonchev–Trinajstić information content (AvgIpc) is 2.96. The Morgan fingerprint density at radius 2 is 1.88 bits per heavy atom. The first-order valence-electron chi connectivity index (χ1n) is 15.1. The summed E-state index contributed by atoms with van der Waals surface area (Å²) < 4.78 is 23.4. The quantitative estimate of drug-likeness (QED) is 0.266. The Kier molecular flexibility index (Phi) is 11.0. The third-order valence-corrected chi connectivity index (χ3v) is 8.63. The highest BCUT2D eigenvalue weighted by Gasteiger charge is 2.36. The molecular formula is C34H50N2O5. The Morgan fingerprint density at radius 3 is 2.59 bits per heavy atom. The molecule has 7 heteroatoms. The number of benzene rings is 2.